The van der Waals surface area contributed by atoms with E-state index in [2.05, 4.69) is 12.2 Å². The first kappa shape index (κ1) is 13.0. The van der Waals surface area contributed by atoms with Crippen molar-refractivity contribution in [3.05, 3.63) is 35.1 Å². The molecule has 1 saturated carbocycles. The fraction of sp³-hybridized carbons (Fsp3) is 0.500. The summed E-state index contributed by atoms with van der Waals surface area (Å²) in [6.45, 7) is 2.70. The second-order valence-electron chi connectivity index (χ2n) is 5.08. The van der Waals surface area contributed by atoms with E-state index in [1.807, 2.05) is 0 Å². The summed E-state index contributed by atoms with van der Waals surface area (Å²) >= 11 is 0. The SMILES string of the molecule is CC(CC1CC1)NCc1ccc(C(=O)O)c(F)c1. The van der Waals surface area contributed by atoms with Crippen molar-refractivity contribution in [1.29, 1.82) is 0 Å². The zero-order valence-electron chi connectivity index (χ0n) is 10.4. The number of hydrogen-bond donors (Lipinski definition) is 2. The van der Waals surface area contributed by atoms with Gasteiger partial charge in [0.05, 0.1) is 5.56 Å². The number of benzene rings is 1. The predicted molar refractivity (Wildman–Crippen MR) is 67.0 cm³/mol. The summed E-state index contributed by atoms with van der Waals surface area (Å²) in [5.74, 6) is -1.04. The second-order valence-corrected chi connectivity index (χ2v) is 5.08. The molecule has 98 valence electrons. The van der Waals surface area contributed by atoms with E-state index < -0.39 is 11.8 Å². The molecule has 0 amide bonds. The van der Waals surface area contributed by atoms with Gasteiger partial charge in [-0.2, -0.15) is 0 Å². The average molecular weight is 251 g/mol. The molecule has 18 heavy (non-hydrogen) atoms. The molecule has 1 atom stereocenters. The van der Waals surface area contributed by atoms with Crippen LogP contribution in [0, 0.1) is 11.7 Å². The molecule has 1 aliphatic rings. The highest BCUT2D eigenvalue weighted by atomic mass is 19.1. The Morgan fingerprint density at radius 1 is 1.56 bits per heavy atom. The molecule has 1 aliphatic carbocycles. The van der Waals surface area contributed by atoms with Gasteiger partial charge in [-0.05, 0) is 37.0 Å². The number of rotatable bonds is 6. The minimum Gasteiger partial charge on any atom is -0.478 e. The maximum Gasteiger partial charge on any atom is 0.338 e. The second kappa shape index (κ2) is 5.48. The number of nitrogens with one attached hydrogen (secondary N) is 1. The third-order valence-electron chi connectivity index (χ3n) is 3.30. The Balaban J connectivity index is 1.88. The van der Waals surface area contributed by atoms with E-state index in [-0.39, 0.29) is 5.56 Å². The highest BCUT2D eigenvalue weighted by molar-refractivity contribution is 5.87. The van der Waals surface area contributed by atoms with Crippen LogP contribution in [0.1, 0.15) is 42.1 Å². The molecule has 0 aromatic heterocycles. The van der Waals surface area contributed by atoms with Crippen LogP contribution in [0.4, 0.5) is 4.39 Å². The predicted octanol–water partition coefficient (Wildman–Crippen LogP) is 2.80. The molecule has 1 aromatic carbocycles. The lowest BCUT2D eigenvalue weighted by atomic mass is 10.1. The average Bonchev–Trinajstić information content (AvgIpc) is 3.10. The third-order valence-corrected chi connectivity index (χ3v) is 3.30. The number of carbonyl (C=O) groups is 1. The van der Waals surface area contributed by atoms with Crippen LogP contribution >= 0.6 is 0 Å². The van der Waals surface area contributed by atoms with Gasteiger partial charge in [-0.3, -0.25) is 0 Å². The standard InChI is InChI=1S/C14H18FNO2/c1-9(6-10-2-3-10)16-8-11-4-5-12(14(17)18)13(15)7-11/h4-5,7,9-10,16H,2-3,6,8H2,1H3,(H,17,18). The Morgan fingerprint density at radius 3 is 2.83 bits per heavy atom. The first-order chi connectivity index (χ1) is 8.56. The monoisotopic (exact) mass is 251 g/mol. The van der Waals surface area contributed by atoms with Crippen LogP contribution in [-0.2, 0) is 6.54 Å². The Morgan fingerprint density at radius 2 is 2.28 bits per heavy atom. The first-order valence-electron chi connectivity index (χ1n) is 6.31. The van der Waals surface area contributed by atoms with Gasteiger partial charge in [-0.1, -0.05) is 18.9 Å². The molecule has 0 spiro atoms. The molecule has 0 radical (unpaired) electrons. The van der Waals surface area contributed by atoms with Gasteiger partial charge in [-0.25, -0.2) is 9.18 Å². The fourth-order valence-electron chi connectivity index (χ4n) is 2.07. The third kappa shape index (κ3) is 3.53. The molecule has 2 N–H and O–H groups in total. The molecule has 1 fully saturated rings. The summed E-state index contributed by atoms with van der Waals surface area (Å²) in [6.07, 6.45) is 3.82. The van der Waals surface area contributed by atoms with E-state index >= 15 is 0 Å². The molecule has 2 rings (SSSR count). The van der Waals surface area contributed by atoms with Crippen LogP contribution < -0.4 is 5.32 Å². The van der Waals surface area contributed by atoms with Crippen LogP contribution in [-0.4, -0.2) is 17.1 Å². The van der Waals surface area contributed by atoms with Crippen molar-refractivity contribution in [3.8, 4) is 0 Å². The van der Waals surface area contributed by atoms with Gasteiger partial charge in [-0.15, -0.1) is 0 Å². The fourth-order valence-corrected chi connectivity index (χ4v) is 2.07. The molecule has 1 aromatic rings. The van der Waals surface area contributed by atoms with Crippen molar-refractivity contribution in [2.24, 2.45) is 5.92 Å². The van der Waals surface area contributed by atoms with E-state index in [1.165, 1.54) is 25.0 Å². The number of halogens is 1. The number of hydrogen-bond acceptors (Lipinski definition) is 2. The van der Waals surface area contributed by atoms with Crippen LogP contribution in [0.3, 0.4) is 0 Å². The van der Waals surface area contributed by atoms with Crippen molar-refractivity contribution in [1.82, 2.24) is 5.32 Å². The Hall–Kier alpha value is -1.42. The Labute approximate surface area is 106 Å². The highest BCUT2D eigenvalue weighted by Crippen LogP contribution is 2.33. The highest BCUT2D eigenvalue weighted by Gasteiger charge is 2.23. The lowest BCUT2D eigenvalue weighted by molar-refractivity contribution is 0.0692. The summed E-state index contributed by atoms with van der Waals surface area (Å²) in [6, 6.07) is 4.68. The van der Waals surface area contributed by atoms with Gasteiger partial charge in [0.25, 0.3) is 0 Å². The van der Waals surface area contributed by atoms with E-state index in [0.29, 0.717) is 12.6 Å². The molecule has 0 aliphatic heterocycles. The Kier molecular flexibility index (Phi) is 3.97. The summed E-state index contributed by atoms with van der Waals surface area (Å²) in [4.78, 5) is 10.7. The molecule has 4 heteroatoms. The minimum absolute atomic E-state index is 0.273. The van der Waals surface area contributed by atoms with Gasteiger partial charge >= 0.3 is 5.97 Å². The maximum absolute atomic E-state index is 13.4. The molecular formula is C14H18FNO2. The van der Waals surface area contributed by atoms with Crippen molar-refractivity contribution < 1.29 is 14.3 Å². The minimum atomic E-state index is -1.23. The van der Waals surface area contributed by atoms with E-state index in [0.717, 1.165) is 17.9 Å². The van der Waals surface area contributed by atoms with Crippen LogP contribution in [0.2, 0.25) is 0 Å². The van der Waals surface area contributed by atoms with Crippen molar-refractivity contribution in [2.45, 2.75) is 38.8 Å². The van der Waals surface area contributed by atoms with Crippen LogP contribution in [0.15, 0.2) is 18.2 Å². The molecule has 0 heterocycles. The zero-order chi connectivity index (χ0) is 13.1. The van der Waals surface area contributed by atoms with Crippen molar-refractivity contribution in [2.75, 3.05) is 0 Å². The van der Waals surface area contributed by atoms with E-state index in [9.17, 15) is 9.18 Å². The number of carboxylic acids is 1. The smallest absolute Gasteiger partial charge is 0.338 e. The number of carboxylic acid groups (broad SMARTS) is 1. The van der Waals surface area contributed by atoms with Gasteiger partial charge < -0.3 is 10.4 Å². The van der Waals surface area contributed by atoms with Gasteiger partial charge in [0.2, 0.25) is 0 Å². The first-order valence-corrected chi connectivity index (χ1v) is 6.31. The summed E-state index contributed by atoms with van der Waals surface area (Å²) < 4.78 is 13.4. The topological polar surface area (TPSA) is 49.3 Å². The Bertz CT molecular complexity index is 443. The lowest BCUT2D eigenvalue weighted by Crippen LogP contribution is -2.26. The summed E-state index contributed by atoms with van der Waals surface area (Å²) in [7, 11) is 0. The zero-order valence-corrected chi connectivity index (χ0v) is 10.4. The van der Waals surface area contributed by atoms with Gasteiger partial charge in [0.15, 0.2) is 0 Å². The van der Waals surface area contributed by atoms with Crippen molar-refractivity contribution >= 4 is 5.97 Å². The normalized spacial score (nSPS) is 16.6. The maximum atomic E-state index is 13.4. The van der Waals surface area contributed by atoms with E-state index in [1.54, 1.807) is 6.07 Å². The molecular weight excluding hydrogens is 233 g/mol. The van der Waals surface area contributed by atoms with Crippen molar-refractivity contribution in [3.63, 3.8) is 0 Å². The van der Waals surface area contributed by atoms with Crippen LogP contribution in [0.5, 0.6) is 0 Å². The quantitative estimate of drug-likeness (QED) is 0.817. The largest absolute Gasteiger partial charge is 0.478 e. The van der Waals surface area contributed by atoms with Gasteiger partial charge in [0.1, 0.15) is 5.82 Å². The summed E-state index contributed by atoms with van der Waals surface area (Å²) in [5.41, 5.74) is 0.505. The molecule has 1 unspecified atom stereocenters. The number of aromatic carboxylic acids is 1. The van der Waals surface area contributed by atoms with Crippen LogP contribution in [0.25, 0.3) is 0 Å². The molecule has 3 nitrogen and oxygen atoms in total. The molecule has 0 bridgehead atoms. The van der Waals surface area contributed by atoms with E-state index in [4.69, 9.17) is 5.11 Å². The van der Waals surface area contributed by atoms with Gasteiger partial charge in [0, 0.05) is 12.6 Å². The lowest BCUT2D eigenvalue weighted by Gasteiger charge is -2.13. The molecule has 0 saturated heterocycles. The summed E-state index contributed by atoms with van der Waals surface area (Å²) in [5, 5.41) is 12.1.